The van der Waals surface area contributed by atoms with E-state index in [1.54, 1.807) is 0 Å². The first-order valence-corrected chi connectivity index (χ1v) is 5.00. The number of hydrogen-bond acceptors (Lipinski definition) is 3. The Kier molecular flexibility index (Phi) is 15.8. The first kappa shape index (κ1) is 19.6. The normalized spacial score (nSPS) is 16.7. The molecule has 0 heterocycles. The quantitative estimate of drug-likeness (QED) is 0.370. The maximum Gasteiger partial charge on any atom is 1.00 e. The zero-order valence-corrected chi connectivity index (χ0v) is 12.9. The molecular weight excluding hydrogens is 199 g/mol. The van der Waals surface area contributed by atoms with E-state index in [1.165, 1.54) is 0 Å². The predicted molar refractivity (Wildman–Crippen MR) is 43.3 cm³/mol. The molecule has 0 saturated carbocycles. The van der Waals surface area contributed by atoms with E-state index in [0.29, 0.717) is 6.42 Å². The number of hydrogen-bond donors (Lipinski definition) is 2. The van der Waals surface area contributed by atoms with Crippen LogP contribution in [0.4, 0.5) is 0 Å². The second-order valence-electron chi connectivity index (χ2n) is 2.32. The molecule has 3 N–H and O–H groups in total. The van der Waals surface area contributed by atoms with E-state index in [-0.39, 0.29) is 71.3 Å². The van der Waals surface area contributed by atoms with Crippen LogP contribution in [0, 0.1) is 0 Å². The predicted octanol–water partition coefficient (Wildman–Crippen LogP) is -3.72. The largest absolute Gasteiger partial charge is 1.00 e. The summed E-state index contributed by atoms with van der Waals surface area (Å²) in [6.07, 6.45) is 0.871. The Bertz CT molecular complexity index is 141. The first-order chi connectivity index (χ1) is 4.45. The topological polar surface area (TPSA) is 86.4 Å². The molecule has 0 aromatic rings. The zero-order valence-electron chi connectivity index (χ0n) is 7.99. The minimum atomic E-state index is -4.06. The number of nitrogens with two attached hydrogens (primary N) is 1. The third-order valence-corrected chi connectivity index (χ3v) is 2.13. The van der Waals surface area contributed by atoms with Gasteiger partial charge in [0.15, 0.2) is 0 Å². The van der Waals surface area contributed by atoms with Crippen molar-refractivity contribution in [1.29, 1.82) is 0 Å². The van der Waals surface area contributed by atoms with Crippen LogP contribution in [0.15, 0.2) is 0 Å². The van der Waals surface area contributed by atoms with Crippen LogP contribution in [-0.2, 0) is 4.57 Å². The van der Waals surface area contributed by atoms with E-state index in [1.807, 2.05) is 6.92 Å². The molecule has 0 spiro atoms. The molecule has 1 radical (unpaired) electrons. The Morgan fingerprint density at radius 3 is 2.33 bits per heavy atom. The Balaban J connectivity index is -0.000000405. The van der Waals surface area contributed by atoms with Crippen LogP contribution in [0.5, 0.6) is 0 Å². The molecule has 0 fully saturated rings. The van der Waals surface area contributed by atoms with Gasteiger partial charge in [-0.25, -0.2) is 0 Å². The average molecular weight is 212 g/mol. The van der Waals surface area contributed by atoms with E-state index in [9.17, 15) is 9.46 Å². The van der Waals surface area contributed by atoms with Gasteiger partial charge in [0, 0.05) is 41.8 Å². The summed E-state index contributed by atoms with van der Waals surface area (Å²) in [5.74, 6) is 0. The van der Waals surface area contributed by atoms with Crippen LogP contribution >= 0.6 is 7.60 Å². The van der Waals surface area contributed by atoms with E-state index in [4.69, 9.17) is 10.6 Å². The molecular formula is C5H13NNa2O3P. The van der Waals surface area contributed by atoms with Gasteiger partial charge in [-0.3, -0.25) is 0 Å². The van der Waals surface area contributed by atoms with Crippen LogP contribution in [0.3, 0.4) is 0 Å². The van der Waals surface area contributed by atoms with Gasteiger partial charge in [0.1, 0.15) is 7.60 Å². The molecule has 0 bridgehead atoms. The molecule has 12 heavy (non-hydrogen) atoms. The van der Waals surface area contributed by atoms with Crippen molar-refractivity contribution in [3.63, 3.8) is 0 Å². The van der Waals surface area contributed by atoms with Crippen LogP contribution in [-0.4, -0.2) is 46.7 Å². The van der Waals surface area contributed by atoms with Gasteiger partial charge in [-0.05, 0) is 12.8 Å². The SMILES string of the molecule is CCC(N)CCP(=O)([O-])O.[Na+].[Na]. The van der Waals surface area contributed by atoms with Gasteiger partial charge in [-0.15, -0.1) is 0 Å². The van der Waals surface area contributed by atoms with Gasteiger partial charge in [0.2, 0.25) is 0 Å². The Morgan fingerprint density at radius 1 is 1.67 bits per heavy atom. The molecule has 2 unspecified atom stereocenters. The Hall–Kier alpha value is 2.11. The third kappa shape index (κ3) is 14.6. The van der Waals surface area contributed by atoms with Crippen LogP contribution in [0.2, 0.25) is 0 Å². The van der Waals surface area contributed by atoms with Crippen molar-refractivity contribution in [2.45, 2.75) is 25.8 Å². The molecule has 7 heteroatoms. The van der Waals surface area contributed by atoms with E-state index >= 15 is 0 Å². The van der Waals surface area contributed by atoms with Gasteiger partial charge in [0.05, 0.1) is 0 Å². The van der Waals surface area contributed by atoms with Crippen molar-refractivity contribution in [2.75, 3.05) is 6.16 Å². The summed E-state index contributed by atoms with van der Waals surface area (Å²) in [7, 11) is -4.06. The van der Waals surface area contributed by atoms with Gasteiger partial charge >= 0.3 is 29.6 Å². The second kappa shape index (κ2) is 9.66. The van der Waals surface area contributed by atoms with E-state index in [2.05, 4.69) is 0 Å². The molecule has 0 saturated heterocycles. The molecule has 0 aromatic carbocycles. The fourth-order valence-electron chi connectivity index (χ4n) is 0.533. The summed E-state index contributed by atoms with van der Waals surface area (Å²) in [4.78, 5) is 18.5. The smallest absolute Gasteiger partial charge is 0.779 e. The van der Waals surface area contributed by atoms with Crippen molar-refractivity contribution in [3.8, 4) is 0 Å². The fourth-order valence-corrected chi connectivity index (χ4v) is 1.19. The van der Waals surface area contributed by atoms with Gasteiger partial charge in [-0.1, -0.05) is 6.92 Å². The van der Waals surface area contributed by atoms with Crippen molar-refractivity contribution in [1.82, 2.24) is 0 Å². The molecule has 0 rings (SSSR count). The minimum Gasteiger partial charge on any atom is -0.779 e. The van der Waals surface area contributed by atoms with Crippen LogP contribution in [0.25, 0.3) is 0 Å². The fraction of sp³-hybridized carbons (Fsp3) is 1.00. The maximum atomic E-state index is 10.2. The Labute approximate surface area is 117 Å². The maximum absolute atomic E-state index is 10.2. The summed E-state index contributed by atoms with van der Waals surface area (Å²) in [5.41, 5.74) is 5.41. The minimum absolute atomic E-state index is 0. The average Bonchev–Trinajstić information content (AvgIpc) is 1.81. The molecule has 0 aliphatic carbocycles. The summed E-state index contributed by atoms with van der Waals surface area (Å²) >= 11 is 0. The monoisotopic (exact) mass is 212 g/mol. The van der Waals surface area contributed by atoms with Gasteiger partial charge in [0.25, 0.3) is 0 Å². The van der Waals surface area contributed by atoms with Gasteiger partial charge in [-0.2, -0.15) is 0 Å². The molecule has 0 aliphatic rings. The molecule has 0 aromatic heterocycles. The van der Waals surface area contributed by atoms with E-state index in [0.717, 1.165) is 6.42 Å². The standard InChI is InChI=1S/C5H14NO3P.2Na/c1-2-5(6)3-4-10(7,8)9;;/h5H,2-4,6H2,1H3,(H2,7,8,9);;/q;;+1/p-1. The second-order valence-corrected chi connectivity index (χ2v) is 4.04. The van der Waals surface area contributed by atoms with Crippen molar-refractivity contribution < 1.29 is 43.9 Å². The molecule has 4 nitrogen and oxygen atoms in total. The molecule has 0 aliphatic heterocycles. The first-order valence-electron chi connectivity index (χ1n) is 3.24. The third-order valence-electron chi connectivity index (χ3n) is 1.31. The molecule has 2 atom stereocenters. The van der Waals surface area contributed by atoms with Crippen LogP contribution < -0.4 is 40.2 Å². The summed E-state index contributed by atoms with van der Waals surface area (Å²) < 4.78 is 10.2. The molecule has 63 valence electrons. The summed E-state index contributed by atoms with van der Waals surface area (Å²) in [5, 5.41) is 0. The zero-order chi connectivity index (χ0) is 8.20. The van der Waals surface area contributed by atoms with Crippen molar-refractivity contribution in [3.05, 3.63) is 0 Å². The summed E-state index contributed by atoms with van der Waals surface area (Å²) in [6, 6.07) is -0.116. The van der Waals surface area contributed by atoms with E-state index < -0.39 is 7.60 Å². The molecule has 0 amide bonds. The van der Waals surface area contributed by atoms with Crippen molar-refractivity contribution >= 4 is 37.2 Å². The Morgan fingerprint density at radius 2 is 2.08 bits per heavy atom. The summed E-state index contributed by atoms with van der Waals surface area (Å²) in [6.45, 7) is 1.87. The van der Waals surface area contributed by atoms with Crippen molar-refractivity contribution in [2.24, 2.45) is 5.73 Å². The number of rotatable bonds is 4. The van der Waals surface area contributed by atoms with Crippen LogP contribution in [0.1, 0.15) is 19.8 Å². The van der Waals surface area contributed by atoms with Gasteiger partial charge < -0.3 is 20.1 Å².